The van der Waals surface area contributed by atoms with E-state index in [1.54, 1.807) is 7.05 Å². The first-order chi connectivity index (χ1) is 12.3. The number of piperazine rings is 1. The number of hydrogen-bond donors (Lipinski definition) is 0. The third-order valence-electron chi connectivity index (χ3n) is 4.02. The van der Waals surface area contributed by atoms with Crippen molar-refractivity contribution in [1.82, 2.24) is 28.8 Å². The van der Waals surface area contributed by atoms with Gasteiger partial charge in [0.05, 0.1) is 23.6 Å². The number of aromatic nitrogens is 4. The summed E-state index contributed by atoms with van der Waals surface area (Å²) in [5.74, 6) is -0.605. The van der Waals surface area contributed by atoms with Crippen LogP contribution >= 0.6 is 0 Å². The second-order valence-corrected chi connectivity index (χ2v) is 7.70. The zero-order valence-electron chi connectivity index (χ0n) is 13.9. The van der Waals surface area contributed by atoms with Gasteiger partial charge in [0.15, 0.2) is 0 Å². The predicted molar refractivity (Wildman–Crippen MR) is 87.4 cm³/mol. The molecule has 0 radical (unpaired) electrons. The number of amides is 1. The number of aryl methyl sites for hydroxylation is 1. The number of carbonyl (C=O) groups is 1. The first-order valence-corrected chi connectivity index (χ1v) is 9.16. The number of carbonyl (C=O) groups excluding carboxylic acids is 1. The van der Waals surface area contributed by atoms with E-state index in [1.807, 2.05) is 0 Å². The number of rotatable bonds is 5. The largest absolute Gasteiger partial charge is 0.389 e. The highest BCUT2D eigenvalue weighted by molar-refractivity contribution is 7.89. The first kappa shape index (κ1) is 18.0. The molecule has 0 aliphatic carbocycles. The van der Waals surface area contributed by atoms with Crippen LogP contribution in [0.5, 0.6) is 0 Å². The highest BCUT2D eigenvalue weighted by Gasteiger charge is 2.31. The molecule has 0 N–H and O–H groups in total. The molecule has 1 amide bonds. The Morgan fingerprint density at radius 3 is 2.54 bits per heavy atom. The third kappa shape index (κ3) is 3.57. The van der Waals surface area contributed by atoms with Crippen LogP contribution in [-0.4, -0.2) is 74.2 Å². The Bertz CT molecular complexity index is 926. The number of sulfonamides is 1. The molecule has 1 aliphatic heterocycles. The summed E-state index contributed by atoms with van der Waals surface area (Å²) in [6.45, 7) is 0.678. The number of hydrogen-bond acceptors (Lipinski definition) is 7. The van der Waals surface area contributed by atoms with Crippen molar-refractivity contribution in [2.75, 3.05) is 26.2 Å². The summed E-state index contributed by atoms with van der Waals surface area (Å²) in [6.07, 6.45) is 4.08. The summed E-state index contributed by atoms with van der Waals surface area (Å²) >= 11 is 0. The normalized spacial score (nSPS) is 16.0. The predicted octanol–water partition coefficient (Wildman–Crippen LogP) is -0.942. The van der Waals surface area contributed by atoms with E-state index in [-0.39, 0.29) is 49.3 Å². The van der Waals surface area contributed by atoms with Crippen LogP contribution < -0.4 is 0 Å². The van der Waals surface area contributed by atoms with E-state index in [1.165, 1.54) is 43.2 Å². The van der Waals surface area contributed by atoms with Gasteiger partial charge in [0.1, 0.15) is 11.4 Å². The molecule has 0 atom stereocenters. The second-order valence-electron chi connectivity index (χ2n) is 5.76. The Hall–Kier alpha value is -2.80. The maximum atomic E-state index is 12.5. The number of nitrogens with zero attached hydrogens (tertiary/aromatic N) is 7. The summed E-state index contributed by atoms with van der Waals surface area (Å²) < 4.78 is 29.0. The Labute approximate surface area is 148 Å². The van der Waals surface area contributed by atoms with Gasteiger partial charge in [-0.1, -0.05) is 0 Å². The average Bonchev–Trinajstić information content (AvgIpc) is 3.24. The quantitative estimate of drug-likeness (QED) is 0.480. The minimum absolute atomic E-state index is 0.114. The summed E-state index contributed by atoms with van der Waals surface area (Å²) in [4.78, 5) is 23.9. The highest BCUT2D eigenvalue weighted by Crippen LogP contribution is 2.17. The molecule has 1 aliphatic rings. The van der Waals surface area contributed by atoms with Gasteiger partial charge in [0.25, 0.3) is 0 Å². The topological polar surface area (TPSA) is 136 Å². The second kappa shape index (κ2) is 6.84. The van der Waals surface area contributed by atoms with Crippen molar-refractivity contribution in [2.24, 2.45) is 7.05 Å². The standard InChI is InChI=1S/C13H17N7O5S/c1-16-9-11(8-14-16)26(24,25)19-6-4-17(5-7-19)13(21)10-18-3-2-12(15-18)20(22)23/h2-3,8-9H,4-7,10H2,1H3. The molecule has 3 rings (SSSR count). The molecule has 1 fully saturated rings. The Balaban J connectivity index is 1.59. The molecule has 0 unspecified atom stereocenters. The van der Waals surface area contributed by atoms with Crippen LogP contribution in [0.1, 0.15) is 0 Å². The van der Waals surface area contributed by atoms with Gasteiger partial charge >= 0.3 is 5.82 Å². The van der Waals surface area contributed by atoms with Gasteiger partial charge in [-0.15, -0.1) is 0 Å². The minimum atomic E-state index is -3.64. The molecule has 0 saturated carbocycles. The van der Waals surface area contributed by atoms with Gasteiger partial charge in [-0.25, -0.2) is 8.42 Å². The van der Waals surface area contributed by atoms with E-state index in [0.717, 1.165) is 0 Å². The molecule has 1 saturated heterocycles. The van der Waals surface area contributed by atoms with Crippen molar-refractivity contribution in [3.8, 4) is 0 Å². The Morgan fingerprint density at radius 2 is 2.00 bits per heavy atom. The van der Waals surface area contributed by atoms with Crippen molar-refractivity contribution in [1.29, 1.82) is 0 Å². The summed E-state index contributed by atoms with van der Waals surface area (Å²) in [6, 6.07) is 1.21. The molecule has 0 spiro atoms. The lowest BCUT2D eigenvalue weighted by molar-refractivity contribution is -0.389. The van der Waals surface area contributed by atoms with Crippen molar-refractivity contribution < 1.29 is 18.1 Å². The van der Waals surface area contributed by atoms with E-state index >= 15 is 0 Å². The van der Waals surface area contributed by atoms with E-state index in [0.29, 0.717) is 0 Å². The molecule has 12 nitrogen and oxygen atoms in total. The van der Waals surface area contributed by atoms with Crippen molar-refractivity contribution in [2.45, 2.75) is 11.4 Å². The van der Waals surface area contributed by atoms with E-state index in [2.05, 4.69) is 10.2 Å². The molecule has 3 heterocycles. The van der Waals surface area contributed by atoms with Crippen molar-refractivity contribution in [3.05, 3.63) is 34.8 Å². The Kier molecular flexibility index (Phi) is 4.73. The molecule has 0 aromatic carbocycles. The van der Waals surface area contributed by atoms with Gasteiger partial charge in [-0.3, -0.25) is 9.48 Å². The van der Waals surface area contributed by atoms with Gasteiger partial charge < -0.3 is 15.0 Å². The minimum Gasteiger partial charge on any atom is -0.358 e. The molecule has 2 aromatic heterocycles. The van der Waals surface area contributed by atoms with Crippen molar-refractivity contribution in [3.63, 3.8) is 0 Å². The smallest absolute Gasteiger partial charge is 0.358 e. The van der Waals surface area contributed by atoms with Crippen LogP contribution in [0.2, 0.25) is 0 Å². The van der Waals surface area contributed by atoms with Gasteiger partial charge in [-0.2, -0.15) is 14.1 Å². The van der Waals surface area contributed by atoms with Gasteiger partial charge in [0.2, 0.25) is 15.9 Å². The average molecular weight is 383 g/mol. The van der Waals surface area contributed by atoms with E-state index in [4.69, 9.17) is 0 Å². The van der Waals surface area contributed by atoms with Crippen LogP contribution in [0, 0.1) is 10.1 Å². The number of nitro groups is 1. The van der Waals surface area contributed by atoms with E-state index < -0.39 is 14.9 Å². The fraction of sp³-hybridized carbons (Fsp3) is 0.462. The van der Waals surface area contributed by atoms with Crippen LogP contribution in [0.4, 0.5) is 5.82 Å². The Morgan fingerprint density at radius 1 is 1.31 bits per heavy atom. The first-order valence-electron chi connectivity index (χ1n) is 7.72. The maximum absolute atomic E-state index is 12.5. The van der Waals surface area contributed by atoms with Crippen LogP contribution in [0.15, 0.2) is 29.6 Å². The van der Waals surface area contributed by atoms with Gasteiger partial charge in [-0.05, 0) is 4.92 Å². The zero-order valence-corrected chi connectivity index (χ0v) is 14.7. The monoisotopic (exact) mass is 383 g/mol. The lowest BCUT2D eigenvalue weighted by Crippen LogP contribution is -2.51. The molecule has 26 heavy (non-hydrogen) atoms. The van der Waals surface area contributed by atoms with Gasteiger partial charge in [0, 0.05) is 39.4 Å². The van der Waals surface area contributed by atoms with Crippen LogP contribution in [-0.2, 0) is 28.4 Å². The SMILES string of the molecule is Cn1cc(S(=O)(=O)N2CCN(C(=O)Cn3ccc([N+](=O)[O-])n3)CC2)cn1. The summed E-state index contributed by atoms with van der Waals surface area (Å²) in [7, 11) is -2.00. The molecule has 13 heteroatoms. The lowest BCUT2D eigenvalue weighted by atomic mass is 10.3. The van der Waals surface area contributed by atoms with Crippen LogP contribution in [0.25, 0.3) is 0 Å². The molecule has 2 aromatic rings. The fourth-order valence-corrected chi connectivity index (χ4v) is 4.04. The van der Waals surface area contributed by atoms with Crippen molar-refractivity contribution >= 4 is 21.7 Å². The molecular formula is C13H17N7O5S. The molecule has 0 bridgehead atoms. The lowest BCUT2D eigenvalue weighted by Gasteiger charge is -2.33. The highest BCUT2D eigenvalue weighted by atomic mass is 32.2. The third-order valence-corrected chi connectivity index (χ3v) is 5.87. The fourth-order valence-electron chi connectivity index (χ4n) is 2.63. The summed E-state index contributed by atoms with van der Waals surface area (Å²) in [5, 5.41) is 18.2. The van der Waals surface area contributed by atoms with E-state index in [9.17, 15) is 23.3 Å². The zero-order chi connectivity index (χ0) is 18.9. The maximum Gasteiger partial charge on any atom is 0.389 e. The van der Waals surface area contributed by atoms with Crippen LogP contribution in [0.3, 0.4) is 0 Å². The molecular weight excluding hydrogens is 366 g/mol. The summed E-state index contributed by atoms with van der Waals surface area (Å²) in [5.41, 5.74) is 0. The molecule has 140 valence electrons.